The van der Waals surface area contributed by atoms with Crippen LogP contribution in [0.25, 0.3) is 0 Å². The quantitative estimate of drug-likeness (QED) is 0.808. The zero-order valence-corrected chi connectivity index (χ0v) is 9.75. The summed E-state index contributed by atoms with van der Waals surface area (Å²) in [6.07, 6.45) is 0. The smallest absolute Gasteiger partial charge is 0.325 e. The van der Waals surface area contributed by atoms with E-state index in [-0.39, 0.29) is 13.2 Å². The Hall–Kier alpha value is -1.91. The average Bonchev–Trinajstić information content (AvgIpc) is 2.26. The minimum atomic E-state index is -0.499. The summed E-state index contributed by atoms with van der Waals surface area (Å²) in [5.74, 6) is -1.32. The molecule has 1 N–H and O–H groups in total. The SMILES string of the molecule is CCOC(=O)CNC(=O)c1ccc(F)cc1C. The Morgan fingerprint density at radius 1 is 1.41 bits per heavy atom. The van der Waals surface area contributed by atoms with Gasteiger partial charge in [0.1, 0.15) is 12.4 Å². The van der Waals surface area contributed by atoms with Crippen LogP contribution < -0.4 is 5.32 Å². The monoisotopic (exact) mass is 239 g/mol. The van der Waals surface area contributed by atoms with Crippen LogP contribution in [0, 0.1) is 12.7 Å². The third-order valence-electron chi connectivity index (χ3n) is 2.13. The zero-order chi connectivity index (χ0) is 12.8. The van der Waals surface area contributed by atoms with Gasteiger partial charge in [0.25, 0.3) is 5.91 Å². The van der Waals surface area contributed by atoms with E-state index in [9.17, 15) is 14.0 Å². The molecule has 4 nitrogen and oxygen atoms in total. The van der Waals surface area contributed by atoms with Gasteiger partial charge in [-0.1, -0.05) is 0 Å². The Labute approximate surface area is 98.8 Å². The van der Waals surface area contributed by atoms with Crippen molar-refractivity contribution >= 4 is 11.9 Å². The van der Waals surface area contributed by atoms with Gasteiger partial charge in [-0.2, -0.15) is 0 Å². The largest absolute Gasteiger partial charge is 0.465 e. The number of esters is 1. The lowest BCUT2D eigenvalue weighted by atomic mass is 10.1. The van der Waals surface area contributed by atoms with Crippen LogP contribution in [-0.4, -0.2) is 25.0 Å². The molecule has 0 bridgehead atoms. The summed E-state index contributed by atoms with van der Waals surface area (Å²) in [5, 5.41) is 2.41. The highest BCUT2D eigenvalue weighted by Crippen LogP contribution is 2.09. The third-order valence-corrected chi connectivity index (χ3v) is 2.13. The molecule has 1 amide bonds. The van der Waals surface area contributed by atoms with Crippen molar-refractivity contribution in [1.29, 1.82) is 0 Å². The van der Waals surface area contributed by atoms with Gasteiger partial charge >= 0.3 is 5.97 Å². The maximum absolute atomic E-state index is 12.8. The summed E-state index contributed by atoms with van der Waals surface area (Å²) >= 11 is 0. The lowest BCUT2D eigenvalue weighted by Crippen LogP contribution is -2.31. The van der Waals surface area contributed by atoms with Crippen molar-refractivity contribution in [3.63, 3.8) is 0 Å². The third kappa shape index (κ3) is 3.86. The molecule has 0 atom stereocenters. The number of hydrogen-bond acceptors (Lipinski definition) is 3. The molecule has 0 aromatic heterocycles. The van der Waals surface area contributed by atoms with Crippen molar-refractivity contribution in [2.24, 2.45) is 0 Å². The predicted octanol–water partition coefficient (Wildman–Crippen LogP) is 1.43. The first kappa shape index (κ1) is 13.2. The maximum atomic E-state index is 12.8. The van der Waals surface area contributed by atoms with Gasteiger partial charge in [0.2, 0.25) is 0 Å². The molecular weight excluding hydrogens is 225 g/mol. The second-order valence-electron chi connectivity index (χ2n) is 3.45. The van der Waals surface area contributed by atoms with Gasteiger partial charge in [-0.05, 0) is 37.6 Å². The van der Waals surface area contributed by atoms with Crippen LogP contribution in [0.2, 0.25) is 0 Å². The minimum Gasteiger partial charge on any atom is -0.465 e. The molecule has 0 saturated carbocycles. The molecule has 5 heteroatoms. The maximum Gasteiger partial charge on any atom is 0.325 e. The minimum absolute atomic E-state index is 0.191. The molecule has 0 aliphatic carbocycles. The number of nitrogens with one attached hydrogen (secondary N) is 1. The zero-order valence-electron chi connectivity index (χ0n) is 9.75. The molecule has 0 aliphatic rings. The molecule has 1 aromatic rings. The number of amides is 1. The van der Waals surface area contributed by atoms with E-state index >= 15 is 0 Å². The van der Waals surface area contributed by atoms with Gasteiger partial charge in [-0.15, -0.1) is 0 Å². The molecule has 0 fully saturated rings. The molecule has 0 heterocycles. The van der Waals surface area contributed by atoms with Crippen LogP contribution in [0.15, 0.2) is 18.2 Å². The van der Waals surface area contributed by atoms with Crippen molar-refractivity contribution in [3.05, 3.63) is 35.1 Å². The summed E-state index contributed by atoms with van der Waals surface area (Å²) in [7, 11) is 0. The van der Waals surface area contributed by atoms with E-state index in [4.69, 9.17) is 0 Å². The van der Waals surface area contributed by atoms with Crippen LogP contribution >= 0.6 is 0 Å². The first-order chi connectivity index (χ1) is 8.04. The Kier molecular flexibility index (Phi) is 4.63. The van der Waals surface area contributed by atoms with Crippen LogP contribution in [-0.2, 0) is 9.53 Å². The summed E-state index contributed by atoms with van der Waals surface area (Å²) in [4.78, 5) is 22.7. The van der Waals surface area contributed by atoms with Crippen molar-refractivity contribution < 1.29 is 18.7 Å². The first-order valence-corrected chi connectivity index (χ1v) is 5.24. The molecule has 92 valence electrons. The average molecular weight is 239 g/mol. The summed E-state index contributed by atoms with van der Waals surface area (Å²) in [6.45, 7) is 3.39. The summed E-state index contributed by atoms with van der Waals surface area (Å²) < 4.78 is 17.5. The van der Waals surface area contributed by atoms with Gasteiger partial charge < -0.3 is 10.1 Å². The summed E-state index contributed by atoms with van der Waals surface area (Å²) in [5.41, 5.74) is 0.863. The van der Waals surface area contributed by atoms with Gasteiger partial charge in [0.05, 0.1) is 6.61 Å². The molecule has 17 heavy (non-hydrogen) atoms. The number of rotatable bonds is 4. The molecule has 0 radical (unpaired) electrons. The predicted molar refractivity (Wildman–Crippen MR) is 60.1 cm³/mol. The molecule has 0 spiro atoms. The number of benzene rings is 1. The Morgan fingerprint density at radius 2 is 2.12 bits per heavy atom. The second kappa shape index (κ2) is 5.98. The lowest BCUT2D eigenvalue weighted by molar-refractivity contribution is -0.141. The fourth-order valence-corrected chi connectivity index (χ4v) is 1.34. The van der Waals surface area contributed by atoms with E-state index in [2.05, 4.69) is 10.1 Å². The van der Waals surface area contributed by atoms with Crippen molar-refractivity contribution in [1.82, 2.24) is 5.32 Å². The van der Waals surface area contributed by atoms with E-state index in [1.165, 1.54) is 18.2 Å². The molecule has 1 aromatic carbocycles. The van der Waals surface area contributed by atoms with Crippen molar-refractivity contribution in [2.75, 3.05) is 13.2 Å². The number of carbonyl (C=O) groups is 2. The van der Waals surface area contributed by atoms with Gasteiger partial charge in [-0.25, -0.2) is 4.39 Å². The Bertz CT molecular complexity index is 432. The van der Waals surface area contributed by atoms with E-state index in [0.29, 0.717) is 11.1 Å². The van der Waals surface area contributed by atoms with Crippen LogP contribution in [0.3, 0.4) is 0 Å². The number of halogens is 1. The standard InChI is InChI=1S/C12H14FNO3/c1-3-17-11(15)7-14-12(16)10-5-4-9(13)6-8(10)2/h4-6H,3,7H2,1-2H3,(H,14,16). The fraction of sp³-hybridized carbons (Fsp3) is 0.333. The lowest BCUT2D eigenvalue weighted by Gasteiger charge is -2.07. The van der Waals surface area contributed by atoms with Gasteiger partial charge in [0, 0.05) is 5.56 Å². The van der Waals surface area contributed by atoms with E-state index in [1.807, 2.05) is 0 Å². The highest BCUT2D eigenvalue weighted by Gasteiger charge is 2.11. The topological polar surface area (TPSA) is 55.4 Å². The van der Waals surface area contributed by atoms with E-state index in [0.717, 1.165) is 0 Å². The molecule has 1 rings (SSSR count). The highest BCUT2D eigenvalue weighted by atomic mass is 19.1. The molecular formula is C12H14FNO3. The molecule has 0 saturated heterocycles. The fourth-order valence-electron chi connectivity index (χ4n) is 1.34. The van der Waals surface area contributed by atoms with Crippen LogP contribution in [0.1, 0.15) is 22.8 Å². The Balaban J connectivity index is 2.61. The van der Waals surface area contributed by atoms with Crippen LogP contribution in [0.4, 0.5) is 4.39 Å². The number of hydrogen-bond donors (Lipinski definition) is 1. The molecule has 0 unspecified atom stereocenters. The van der Waals surface area contributed by atoms with Gasteiger partial charge in [-0.3, -0.25) is 9.59 Å². The summed E-state index contributed by atoms with van der Waals surface area (Å²) in [6, 6.07) is 3.84. The number of carbonyl (C=O) groups excluding carboxylic acids is 2. The first-order valence-electron chi connectivity index (χ1n) is 5.24. The number of ether oxygens (including phenoxy) is 1. The van der Waals surface area contributed by atoms with E-state index in [1.54, 1.807) is 13.8 Å². The van der Waals surface area contributed by atoms with Crippen molar-refractivity contribution in [2.45, 2.75) is 13.8 Å². The highest BCUT2D eigenvalue weighted by molar-refractivity contribution is 5.97. The van der Waals surface area contributed by atoms with Gasteiger partial charge in [0.15, 0.2) is 0 Å². The Morgan fingerprint density at radius 3 is 2.71 bits per heavy atom. The second-order valence-corrected chi connectivity index (χ2v) is 3.45. The van der Waals surface area contributed by atoms with E-state index < -0.39 is 17.7 Å². The number of aryl methyl sites for hydroxylation is 1. The molecule has 0 aliphatic heterocycles. The van der Waals surface area contributed by atoms with Crippen LogP contribution in [0.5, 0.6) is 0 Å². The van der Waals surface area contributed by atoms with Crippen molar-refractivity contribution in [3.8, 4) is 0 Å². The normalized spacial score (nSPS) is 9.82.